The number of nitriles is 1. The highest BCUT2D eigenvalue weighted by Gasteiger charge is 2.18. The van der Waals surface area contributed by atoms with E-state index < -0.39 is 11.8 Å². The monoisotopic (exact) mass is 331 g/mol. The van der Waals surface area contributed by atoms with Gasteiger partial charge in [0, 0.05) is 17.5 Å². The summed E-state index contributed by atoms with van der Waals surface area (Å²) in [6.07, 6.45) is 2.01. The molecular formula is C16H14ClN3O3. The number of anilines is 1. The standard InChI is InChI=1S/C16H14ClN3O3/c1-10(7-13-3-2-6-23-13)19-15(21)16(22)20-14-8-12(17)5-4-11(14)9-18/h2-6,8,10H,7H2,1H3,(H,19,21)(H,20,22). The molecule has 2 aromatic rings. The fraction of sp³-hybridized carbons (Fsp3) is 0.188. The van der Waals surface area contributed by atoms with E-state index in [0.29, 0.717) is 17.2 Å². The minimum atomic E-state index is -0.866. The molecule has 0 aliphatic heterocycles. The molecule has 0 spiro atoms. The smallest absolute Gasteiger partial charge is 0.313 e. The molecule has 1 heterocycles. The lowest BCUT2D eigenvalue weighted by Gasteiger charge is -2.13. The summed E-state index contributed by atoms with van der Waals surface area (Å²) < 4.78 is 5.18. The summed E-state index contributed by atoms with van der Waals surface area (Å²) in [5.41, 5.74) is 0.415. The fourth-order valence-corrected chi connectivity index (χ4v) is 2.14. The Morgan fingerprint density at radius 3 is 2.78 bits per heavy atom. The normalized spacial score (nSPS) is 11.3. The van der Waals surface area contributed by atoms with Crippen molar-refractivity contribution in [1.82, 2.24) is 5.32 Å². The van der Waals surface area contributed by atoms with Crippen molar-refractivity contribution < 1.29 is 14.0 Å². The number of nitrogens with zero attached hydrogens (tertiary/aromatic N) is 1. The van der Waals surface area contributed by atoms with Crippen LogP contribution >= 0.6 is 11.6 Å². The Hall–Kier alpha value is -2.78. The van der Waals surface area contributed by atoms with Crippen LogP contribution in [0.4, 0.5) is 5.69 Å². The van der Waals surface area contributed by atoms with Gasteiger partial charge in [0.1, 0.15) is 11.8 Å². The van der Waals surface area contributed by atoms with Crippen molar-refractivity contribution in [3.8, 4) is 6.07 Å². The van der Waals surface area contributed by atoms with Crippen molar-refractivity contribution in [3.05, 3.63) is 52.9 Å². The highest BCUT2D eigenvalue weighted by atomic mass is 35.5. The number of nitrogens with one attached hydrogen (secondary N) is 2. The van der Waals surface area contributed by atoms with Gasteiger partial charge in [-0.05, 0) is 37.3 Å². The highest BCUT2D eigenvalue weighted by Crippen LogP contribution is 2.20. The SMILES string of the molecule is CC(Cc1ccco1)NC(=O)C(=O)Nc1cc(Cl)ccc1C#N. The van der Waals surface area contributed by atoms with Crippen molar-refractivity contribution >= 4 is 29.1 Å². The summed E-state index contributed by atoms with van der Waals surface area (Å²) >= 11 is 5.83. The van der Waals surface area contributed by atoms with E-state index in [1.807, 2.05) is 6.07 Å². The number of benzene rings is 1. The molecule has 2 N–H and O–H groups in total. The number of hydrogen-bond acceptors (Lipinski definition) is 4. The van der Waals surface area contributed by atoms with E-state index in [2.05, 4.69) is 10.6 Å². The van der Waals surface area contributed by atoms with E-state index >= 15 is 0 Å². The van der Waals surface area contributed by atoms with E-state index in [1.165, 1.54) is 18.2 Å². The van der Waals surface area contributed by atoms with Gasteiger partial charge in [-0.15, -0.1) is 0 Å². The van der Waals surface area contributed by atoms with Crippen LogP contribution in [0.5, 0.6) is 0 Å². The van der Waals surface area contributed by atoms with Crippen LogP contribution in [0.25, 0.3) is 0 Å². The Kier molecular flexibility index (Phi) is 5.39. The first kappa shape index (κ1) is 16.6. The van der Waals surface area contributed by atoms with Crippen LogP contribution in [0.3, 0.4) is 0 Å². The summed E-state index contributed by atoms with van der Waals surface area (Å²) in [7, 11) is 0. The maximum Gasteiger partial charge on any atom is 0.313 e. The van der Waals surface area contributed by atoms with Gasteiger partial charge in [-0.25, -0.2) is 0 Å². The molecule has 0 saturated heterocycles. The molecule has 0 radical (unpaired) electrons. The van der Waals surface area contributed by atoms with Crippen molar-refractivity contribution in [2.75, 3.05) is 5.32 Å². The summed E-state index contributed by atoms with van der Waals surface area (Å²) in [6.45, 7) is 1.76. The summed E-state index contributed by atoms with van der Waals surface area (Å²) in [5.74, 6) is -0.956. The molecule has 2 amide bonds. The maximum absolute atomic E-state index is 11.9. The minimum absolute atomic E-state index is 0.193. The van der Waals surface area contributed by atoms with Gasteiger partial charge in [0.05, 0.1) is 17.5 Å². The van der Waals surface area contributed by atoms with Gasteiger partial charge in [-0.1, -0.05) is 11.6 Å². The number of rotatable bonds is 4. The Morgan fingerprint density at radius 2 is 2.13 bits per heavy atom. The first-order valence-corrected chi connectivity index (χ1v) is 7.21. The second kappa shape index (κ2) is 7.47. The molecule has 1 aromatic carbocycles. The molecular weight excluding hydrogens is 318 g/mol. The van der Waals surface area contributed by atoms with Gasteiger partial charge in [-0.2, -0.15) is 5.26 Å². The number of hydrogen-bond donors (Lipinski definition) is 2. The molecule has 0 aliphatic carbocycles. The summed E-state index contributed by atoms with van der Waals surface area (Å²) in [6, 6.07) is 9.58. The molecule has 2 rings (SSSR count). The Balaban J connectivity index is 1.96. The summed E-state index contributed by atoms with van der Waals surface area (Å²) in [4.78, 5) is 23.8. The van der Waals surface area contributed by atoms with Crippen molar-refractivity contribution in [1.29, 1.82) is 5.26 Å². The average Bonchev–Trinajstić information content (AvgIpc) is 3.00. The van der Waals surface area contributed by atoms with E-state index in [0.717, 1.165) is 0 Å². The minimum Gasteiger partial charge on any atom is -0.469 e. The zero-order chi connectivity index (χ0) is 16.8. The van der Waals surface area contributed by atoms with Crippen LogP contribution in [0.2, 0.25) is 5.02 Å². The Morgan fingerprint density at radius 1 is 1.35 bits per heavy atom. The second-order valence-electron chi connectivity index (χ2n) is 4.91. The molecule has 6 nitrogen and oxygen atoms in total. The van der Waals surface area contributed by atoms with Crippen LogP contribution in [-0.4, -0.2) is 17.9 Å². The lowest BCUT2D eigenvalue weighted by Crippen LogP contribution is -2.41. The van der Waals surface area contributed by atoms with Crippen LogP contribution in [0.15, 0.2) is 41.0 Å². The molecule has 118 valence electrons. The molecule has 0 aliphatic rings. The highest BCUT2D eigenvalue weighted by molar-refractivity contribution is 6.40. The quantitative estimate of drug-likeness (QED) is 0.841. The Bertz CT molecular complexity index is 750. The second-order valence-corrected chi connectivity index (χ2v) is 5.35. The third-order valence-electron chi connectivity index (χ3n) is 3.02. The predicted molar refractivity (Wildman–Crippen MR) is 84.8 cm³/mol. The first-order valence-electron chi connectivity index (χ1n) is 6.83. The van der Waals surface area contributed by atoms with Crippen molar-refractivity contribution in [2.24, 2.45) is 0 Å². The largest absolute Gasteiger partial charge is 0.469 e. The van der Waals surface area contributed by atoms with Gasteiger partial charge in [0.15, 0.2) is 0 Å². The van der Waals surface area contributed by atoms with Gasteiger partial charge >= 0.3 is 11.8 Å². The molecule has 7 heteroatoms. The molecule has 0 saturated carbocycles. The zero-order valence-electron chi connectivity index (χ0n) is 12.3. The van der Waals surface area contributed by atoms with Crippen LogP contribution in [0, 0.1) is 11.3 Å². The van der Waals surface area contributed by atoms with Crippen molar-refractivity contribution in [3.63, 3.8) is 0 Å². The molecule has 0 bridgehead atoms. The van der Waals surface area contributed by atoms with E-state index in [-0.39, 0.29) is 17.3 Å². The number of carbonyl (C=O) groups is 2. The van der Waals surface area contributed by atoms with E-state index in [4.69, 9.17) is 21.3 Å². The van der Waals surface area contributed by atoms with Crippen molar-refractivity contribution in [2.45, 2.75) is 19.4 Å². The van der Waals surface area contributed by atoms with Gasteiger partial charge in [0.25, 0.3) is 0 Å². The molecule has 1 unspecified atom stereocenters. The third-order valence-corrected chi connectivity index (χ3v) is 3.26. The molecule has 1 aromatic heterocycles. The zero-order valence-corrected chi connectivity index (χ0v) is 13.1. The summed E-state index contributed by atoms with van der Waals surface area (Å²) in [5, 5.41) is 14.3. The van der Waals surface area contributed by atoms with Crippen LogP contribution < -0.4 is 10.6 Å². The van der Waals surface area contributed by atoms with Crippen LogP contribution in [-0.2, 0) is 16.0 Å². The average molecular weight is 332 g/mol. The number of carbonyl (C=O) groups excluding carboxylic acids is 2. The first-order chi connectivity index (χ1) is 11.0. The number of halogens is 1. The molecule has 1 atom stereocenters. The molecule has 0 fully saturated rings. The maximum atomic E-state index is 11.9. The number of furan rings is 1. The van der Waals surface area contributed by atoms with E-state index in [9.17, 15) is 9.59 Å². The van der Waals surface area contributed by atoms with Crippen LogP contribution in [0.1, 0.15) is 18.2 Å². The van der Waals surface area contributed by atoms with Gasteiger partial charge < -0.3 is 15.1 Å². The molecule has 23 heavy (non-hydrogen) atoms. The lowest BCUT2D eigenvalue weighted by atomic mass is 10.2. The van der Waals surface area contributed by atoms with Gasteiger partial charge in [0.2, 0.25) is 0 Å². The van der Waals surface area contributed by atoms with E-state index in [1.54, 1.807) is 25.3 Å². The predicted octanol–water partition coefficient (Wildman–Crippen LogP) is 2.49. The lowest BCUT2D eigenvalue weighted by molar-refractivity contribution is -0.136. The number of amides is 2. The van der Waals surface area contributed by atoms with Gasteiger partial charge in [-0.3, -0.25) is 9.59 Å². The topological polar surface area (TPSA) is 95.1 Å². The Labute approximate surface area is 138 Å². The third kappa shape index (κ3) is 4.59. The fourth-order valence-electron chi connectivity index (χ4n) is 1.97.